The van der Waals surface area contributed by atoms with Gasteiger partial charge < -0.3 is 9.40 Å². The number of aromatic nitrogens is 2. The highest BCUT2D eigenvalue weighted by Crippen LogP contribution is 2.30. The van der Waals surface area contributed by atoms with E-state index in [0.29, 0.717) is 12.1 Å². The monoisotopic (exact) mass is 283 g/mol. The number of nitrogens with one attached hydrogen (secondary N) is 1. The fraction of sp³-hybridized carbons (Fsp3) is 0.467. The van der Waals surface area contributed by atoms with Crippen LogP contribution in [-0.2, 0) is 13.0 Å². The van der Waals surface area contributed by atoms with Gasteiger partial charge >= 0.3 is 0 Å². The second kappa shape index (κ2) is 4.88. The van der Waals surface area contributed by atoms with Gasteiger partial charge in [-0.3, -0.25) is 9.69 Å². The Hall–Kier alpha value is -1.82. The van der Waals surface area contributed by atoms with Gasteiger partial charge in [0.05, 0.1) is 6.54 Å². The summed E-state index contributed by atoms with van der Waals surface area (Å²) in [5.74, 6) is 1.64. The Bertz CT molecular complexity index is 784. The largest absolute Gasteiger partial charge is 0.453 e. The van der Waals surface area contributed by atoms with Crippen LogP contribution in [0.15, 0.2) is 14.7 Å². The Morgan fingerprint density at radius 3 is 2.95 bits per heavy atom. The maximum atomic E-state index is 12.2. The summed E-state index contributed by atoms with van der Waals surface area (Å²) in [6.07, 6.45) is 6.42. The lowest BCUT2D eigenvalue weighted by Crippen LogP contribution is -2.22. The molecule has 6 heteroatoms. The second-order valence-electron chi connectivity index (χ2n) is 6.10. The smallest absolute Gasteiger partial charge is 0.294 e. The minimum absolute atomic E-state index is 0.158. The van der Waals surface area contributed by atoms with Gasteiger partial charge in [0.15, 0.2) is 0 Å². The van der Waals surface area contributed by atoms with Crippen LogP contribution < -0.4 is 5.56 Å². The molecule has 21 heavy (non-hydrogen) atoms. The highest BCUT2D eigenvalue weighted by atomic mass is 16.3. The van der Waals surface area contributed by atoms with Gasteiger partial charge in [0.2, 0.25) is 5.58 Å². The molecule has 3 heterocycles. The predicted octanol–water partition coefficient (Wildman–Crippen LogP) is 1.03. The van der Waals surface area contributed by atoms with Crippen molar-refractivity contribution < 1.29 is 4.42 Å². The molecule has 1 aliphatic carbocycles. The minimum Gasteiger partial charge on any atom is -0.453 e. The van der Waals surface area contributed by atoms with Crippen molar-refractivity contribution >= 4 is 25.0 Å². The molecule has 0 unspecified atom stereocenters. The molecule has 1 aliphatic heterocycles. The highest BCUT2D eigenvalue weighted by Gasteiger charge is 2.21. The lowest BCUT2D eigenvalue weighted by Gasteiger charge is -2.13. The summed E-state index contributed by atoms with van der Waals surface area (Å²) >= 11 is 0. The first kappa shape index (κ1) is 12.9. The molecule has 5 nitrogen and oxygen atoms in total. The van der Waals surface area contributed by atoms with Crippen molar-refractivity contribution in [2.24, 2.45) is 0 Å². The molecule has 0 saturated carbocycles. The first-order valence-electron chi connectivity index (χ1n) is 7.65. The van der Waals surface area contributed by atoms with Gasteiger partial charge in [-0.2, -0.15) is 0 Å². The normalized spacial score (nSPS) is 19.0. The van der Waals surface area contributed by atoms with E-state index in [-0.39, 0.29) is 5.56 Å². The third-order valence-electron chi connectivity index (χ3n) is 4.42. The third-order valence-corrected chi connectivity index (χ3v) is 4.42. The van der Waals surface area contributed by atoms with E-state index in [1.54, 1.807) is 0 Å². The van der Waals surface area contributed by atoms with Crippen molar-refractivity contribution in [2.75, 3.05) is 13.1 Å². The fourth-order valence-electron chi connectivity index (χ4n) is 3.29. The Morgan fingerprint density at radius 1 is 1.33 bits per heavy atom. The van der Waals surface area contributed by atoms with E-state index < -0.39 is 0 Å². The van der Waals surface area contributed by atoms with Crippen molar-refractivity contribution in [3.63, 3.8) is 0 Å². The zero-order valence-electron chi connectivity index (χ0n) is 12.2. The van der Waals surface area contributed by atoms with E-state index in [1.807, 2.05) is 0 Å². The number of hydrogen-bond donors (Lipinski definition) is 1. The van der Waals surface area contributed by atoms with Crippen molar-refractivity contribution in [1.82, 2.24) is 14.9 Å². The number of rotatable bonds is 2. The predicted molar refractivity (Wildman–Crippen MR) is 84.0 cm³/mol. The first-order valence-corrected chi connectivity index (χ1v) is 7.65. The molecule has 2 aromatic rings. The Balaban J connectivity index is 1.81. The number of allylic oxidation sites excluding steroid dienone is 1. The minimum atomic E-state index is -0.158. The van der Waals surface area contributed by atoms with E-state index in [2.05, 4.69) is 28.8 Å². The van der Waals surface area contributed by atoms with Crippen LogP contribution in [0.1, 0.15) is 36.4 Å². The zero-order chi connectivity index (χ0) is 14.4. The summed E-state index contributed by atoms with van der Waals surface area (Å²) in [6.45, 7) is 2.89. The summed E-state index contributed by atoms with van der Waals surface area (Å²) in [4.78, 5) is 22.1. The third kappa shape index (κ3) is 2.23. The summed E-state index contributed by atoms with van der Waals surface area (Å²) < 4.78 is 5.73. The number of fused-ring (bicyclic) bond motifs is 3. The van der Waals surface area contributed by atoms with E-state index >= 15 is 0 Å². The van der Waals surface area contributed by atoms with Gasteiger partial charge in [0.25, 0.3) is 5.56 Å². The maximum Gasteiger partial charge on any atom is 0.294 e. The number of likely N-dealkylation sites (tertiary alicyclic amines) is 1. The summed E-state index contributed by atoms with van der Waals surface area (Å²) in [5.41, 5.74) is 3.25. The van der Waals surface area contributed by atoms with Crippen LogP contribution in [0, 0.1) is 0 Å². The fourth-order valence-corrected chi connectivity index (χ4v) is 3.29. The van der Waals surface area contributed by atoms with Gasteiger partial charge in [-0.25, -0.2) is 4.98 Å². The van der Waals surface area contributed by atoms with Crippen LogP contribution in [0.4, 0.5) is 0 Å². The van der Waals surface area contributed by atoms with Gasteiger partial charge in [0.1, 0.15) is 24.9 Å². The summed E-state index contributed by atoms with van der Waals surface area (Å²) in [6, 6.07) is 0. The van der Waals surface area contributed by atoms with Crippen molar-refractivity contribution in [1.29, 1.82) is 0 Å². The maximum absolute atomic E-state index is 12.2. The van der Waals surface area contributed by atoms with E-state index in [9.17, 15) is 4.79 Å². The number of hydrogen-bond acceptors (Lipinski definition) is 4. The number of aryl methyl sites for hydroxylation is 1. The van der Waals surface area contributed by atoms with Gasteiger partial charge in [-0.05, 0) is 32.4 Å². The standard InChI is InChI=1S/C15H18BN3O2/c16-9-3-4-11-10(7-9)13-14(21-11)15(20)18-12(17-13)8-19-5-1-2-6-19/h7H,1-6,8,16H2,(H,17,18,20). The molecule has 2 aromatic heterocycles. The number of H-pyrrole nitrogens is 1. The summed E-state index contributed by atoms with van der Waals surface area (Å²) in [5, 5.41) is 0. The van der Waals surface area contributed by atoms with E-state index in [0.717, 1.165) is 48.6 Å². The van der Waals surface area contributed by atoms with E-state index in [4.69, 9.17) is 4.42 Å². The van der Waals surface area contributed by atoms with Gasteiger partial charge in [-0.15, -0.1) is 5.47 Å². The van der Waals surface area contributed by atoms with Crippen LogP contribution in [0.2, 0.25) is 0 Å². The van der Waals surface area contributed by atoms with Crippen LogP contribution in [0.25, 0.3) is 17.2 Å². The molecule has 1 N–H and O–H groups in total. The molecule has 108 valence electrons. The quantitative estimate of drug-likeness (QED) is 0.836. The molecular weight excluding hydrogens is 265 g/mol. The molecule has 0 radical (unpaired) electrons. The average Bonchev–Trinajstić information content (AvgIpc) is 3.07. The molecular formula is C15H18BN3O2. The van der Waals surface area contributed by atoms with Crippen LogP contribution in [0.5, 0.6) is 0 Å². The zero-order valence-corrected chi connectivity index (χ0v) is 12.2. The molecule has 0 spiro atoms. The first-order chi connectivity index (χ1) is 10.2. The lowest BCUT2D eigenvalue weighted by molar-refractivity contribution is 0.322. The SMILES string of the molecule is BC1=Cc2c(oc3c(=O)[nH]c(CN4CCCC4)nc23)CC1. The number of nitrogens with zero attached hydrogens (tertiary/aromatic N) is 2. The molecule has 1 fully saturated rings. The average molecular weight is 283 g/mol. The Labute approximate surface area is 123 Å². The highest BCUT2D eigenvalue weighted by molar-refractivity contribution is 6.24. The lowest BCUT2D eigenvalue weighted by atomic mass is 9.85. The van der Waals surface area contributed by atoms with Gasteiger partial charge in [-0.1, -0.05) is 6.08 Å². The molecule has 2 aliphatic rings. The topological polar surface area (TPSA) is 62.1 Å². The molecule has 0 amide bonds. The van der Waals surface area contributed by atoms with E-state index in [1.165, 1.54) is 18.3 Å². The van der Waals surface area contributed by atoms with Crippen LogP contribution >= 0.6 is 0 Å². The Morgan fingerprint density at radius 2 is 2.14 bits per heavy atom. The van der Waals surface area contributed by atoms with Crippen LogP contribution in [-0.4, -0.2) is 35.8 Å². The summed E-state index contributed by atoms with van der Waals surface area (Å²) in [7, 11) is 2.11. The molecule has 0 atom stereocenters. The van der Waals surface area contributed by atoms with Crippen molar-refractivity contribution in [3.05, 3.63) is 33.0 Å². The molecule has 0 bridgehead atoms. The molecule has 1 saturated heterocycles. The second-order valence-corrected chi connectivity index (χ2v) is 6.10. The number of aromatic amines is 1. The molecule has 4 rings (SSSR count). The Kier molecular flexibility index (Phi) is 2.99. The van der Waals surface area contributed by atoms with Crippen molar-refractivity contribution in [2.45, 2.75) is 32.2 Å². The number of furan rings is 1. The van der Waals surface area contributed by atoms with Crippen molar-refractivity contribution in [3.8, 4) is 0 Å². The molecule has 0 aromatic carbocycles. The van der Waals surface area contributed by atoms with Gasteiger partial charge in [0, 0.05) is 12.0 Å². The van der Waals surface area contributed by atoms with Crippen LogP contribution in [0.3, 0.4) is 0 Å².